The Bertz CT molecular complexity index is 353. The second kappa shape index (κ2) is 5.17. The summed E-state index contributed by atoms with van der Waals surface area (Å²) in [7, 11) is 0. The molecule has 0 atom stereocenters. The van der Waals surface area contributed by atoms with E-state index >= 15 is 0 Å². The molecule has 2 bridgehead atoms. The maximum atomic E-state index is 5.93. The van der Waals surface area contributed by atoms with E-state index in [1.165, 1.54) is 55.5 Å². The van der Waals surface area contributed by atoms with E-state index in [-0.39, 0.29) is 12.4 Å². The van der Waals surface area contributed by atoms with Gasteiger partial charge in [0.05, 0.1) is 19.6 Å². The number of halogens is 2. The second-order valence-electron chi connectivity index (χ2n) is 5.53. The summed E-state index contributed by atoms with van der Waals surface area (Å²) in [5, 5.41) is 0.848. The summed E-state index contributed by atoms with van der Waals surface area (Å²) in [6.45, 7) is 5.40. The summed E-state index contributed by atoms with van der Waals surface area (Å²) >= 11 is 5.93. The molecule has 3 fully saturated rings. The highest BCUT2D eigenvalue weighted by atomic mass is 35.5. The first-order chi connectivity index (χ1) is 7.76. The van der Waals surface area contributed by atoms with Crippen molar-refractivity contribution in [2.75, 3.05) is 19.6 Å². The average molecular weight is 272 g/mol. The molecule has 0 spiro atoms. The van der Waals surface area contributed by atoms with E-state index in [2.05, 4.69) is 12.1 Å². The SMILES string of the molecule is Clc1ccc(C[N+]23CCC(CC2)CC3)cc1.[Cl-]. The Labute approximate surface area is 115 Å². The van der Waals surface area contributed by atoms with Crippen LogP contribution in [0, 0.1) is 5.92 Å². The van der Waals surface area contributed by atoms with Crippen LogP contribution >= 0.6 is 11.6 Å². The molecule has 3 heteroatoms. The van der Waals surface area contributed by atoms with Gasteiger partial charge in [0.15, 0.2) is 0 Å². The summed E-state index contributed by atoms with van der Waals surface area (Å²) in [6, 6.07) is 8.42. The highest BCUT2D eigenvalue weighted by Crippen LogP contribution is 2.35. The van der Waals surface area contributed by atoms with Gasteiger partial charge in [-0.3, -0.25) is 0 Å². The van der Waals surface area contributed by atoms with Gasteiger partial charge in [0.2, 0.25) is 0 Å². The molecule has 1 aromatic rings. The Morgan fingerprint density at radius 3 is 2.06 bits per heavy atom. The van der Waals surface area contributed by atoms with Crippen molar-refractivity contribution in [3.8, 4) is 0 Å². The van der Waals surface area contributed by atoms with Crippen molar-refractivity contribution in [2.45, 2.75) is 25.8 Å². The van der Waals surface area contributed by atoms with E-state index in [0.717, 1.165) is 10.9 Å². The smallest absolute Gasteiger partial charge is 0.104 e. The molecule has 3 aliphatic heterocycles. The molecule has 0 radical (unpaired) electrons. The van der Waals surface area contributed by atoms with Gasteiger partial charge in [0.1, 0.15) is 6.54 Å². The number of fused-ring (bicyclic) bond motifs is 3. The Morgan fingerprint density at radius 2 is 1.53 bits per heavy atom. The number of hydrogen-bond acceptors (Lipinski definition) is 0. The van der Waals surface area contributed by atoms with E-state index in [1.54, 1.807) is 0 Å². The van der Waals surface area contributed by atoms with Gasteiger partial charge in [-0.2, -0.15) is 0 Å². The van der Waals surface area contributed by atoms with Crippen LogP contribution in [0.25, 0.3) is 0 Å². The Hall–Kier alpha value is -0.240. The van der Waals surface area contributed by atoms with Crippen molar-refractivity contribution in [2.24, 2.45) is 5.92 Å². The minimum Gasteiger partial charge on any atom is -1.00 e. The Balaban J connectivity index is 0.00000108. The lowest BCUT2D eigenvalue weighted by Crippen LogP contribution is -3.00. The minimum atomic E-state index is 0. The van der Waals surface area contributed by atoms with Crippen molar-refractivity contribution in [1.82, 2.24) is 0 Å². The summed E-state index contributed by atoms with van der Waals surface area (Å²) in [5.41, 5.74) is 1.45. The average Bonchev–Trinajstić information content (AvgIpc) is 2.34. The number of piperidine rings is 3. The van der Waals surface area contributed by atoms with Crippen LogP contribution in [0.4, 0.5) is 0 Å². The molecule has 0 N–H and O–H groups in total. The first-order valence-corrected chi connectivity index (χ1v) is 6.73. The molecule has 4 rings (SSSR count). The number of quaternary nitrogens is 1. The standard InChI is InChI=1S/C14H19ClN.ClH/c15-14-3-1-13(2-4-14)11-16-8-5-12(6-9-16)7-10-16;/h1-4,12H,5-11H2;1H/q+1;/p-1. The zero-order valence-corrected chi connectivity index (χ0v) is 11.6. The van der Waals surface area contributed by atoms with Gasteiger partial charge in [-0.25, -0.2) is 0 Å². The van der Waals surface area contributed by atoms with Crippen molar-refractivity contribution < 1.29 is 16.9 Å². The maximum absolute atomic E-state index is 5.93. The van der Waals surface area contributed by atoms with E-state index in [1.807, 2.05) is 12.1 Å². The Kier molecular flexibility index (Phi) is 4.02. The van der Waals surface area contributed by atoms with Gasteiger partial charge in [-0.1, -0.05) is 23.7 Å². The van der Waals surface area contributed by atoms with E-state index < -0.39 is 0 Å². The van der Waals surface area contributed by atoms with Crippen LogP contribution in [0.1, 0.15) is 24.8 Å². The normalized spacial score (nSPS) is 31.0. The molecular weight excluding hydrogens is 253 g/mol. The highest BCUT2D eigenvalue weighted by molar-refractivity contribution is 6.30. The maximum Gasteiger partial charge on any atom is 0.104 e. The fraction of sp³-hybridized carbons (Fsp3) is 0.571. The van der Waals surface area contributed by atoms with Crippen molar-refractivity contribution in [1.29, 1.82) is 0 Å². The first-order valence-electron chi connectivity index (χ1n) is 6.35. The zero-order chi connectivity index (χ0) is 11.0. The molecule has 0 amide bonds. The minimum absolute atomic E-state index is 0. The third-order valence-corrected chi connectivity index (χ3v) is 4.72. The predicted molar refractivity (Wildman–Crippen MR) is 67.4 cm³/mol. The summed E-state index contributed by atoms with van der Waals surface area (Å²) in [6.07, 6.45) is 4.36. The largest absolute Gasteiger partial charge is 1.00 e. The number of rotatable bonds is 2. The van der Waals surface area contributed by atoms with Crippen LogP contribution in [-0.2, 0) is 6.54 Å². The molecule has 17 heavy (non-hydrogen) atoms. The van der Waals surface area contributed by atoms with E-state index in [0.29, 0.717) is 0 Å². The fourth-order valence-corrected chi connectivity index (χ4v) is 3.48. The quantitative estimate of drug-likeness (QED) is 0.687. The van der Waals surface area contributed by atoms with Gasteiger partial charge in [0.25, 0.3) is 0 Å². The lowest BCUT2D eigenvalue weighted by atomic mass is 9.85. The van der Waals surface area contributed by atoms with Crippen molar-refractivity contribution in [3.05, 3.63) is 34.9 Å². The molecule has 0 saturated carbocycles. The van der Waals surface area contributed by atoms with E-state index in [9.17, 15) is 0 Å². The molecule has 3 saturated heterocycles. The van der Waals surface area contributed by atoms with Gasteiger partial charge < -0.3 is 16.9 Å². The molecule has 94 valence electrons. The topological polar surface area (TPSA) is 0 Å². The molecule has 0 aromatic heterocycles. The van der Waals surface area contributed by atoms with Crippen LogP contribution in [0.5, 0.6) is 0 Å². The molecule has 0 unspecified atom stereocenters. The van der Waals surface area contributed by atoms with Gasteiger partial charge in [-0.15, -0.1) is 0 Å². The van der Waals surface area contributed by atoms with E-state index in [4.69, 9.17) is 11.6 Å². The number of hydrogen-bond donors (Lipinski definition) is 0. The van der Waals surface area contributed by atoms with Crippen molar-refractivity contribution >= 4 is 11.6 Å². The van der Waals surface area contributed by atoms with Crippen LogP contribution in [0.2, 0.25) is 5.02 Å². The van der Waals surface area contributed by atoms with Crippen molar-refractivity contribution in [3.63, 3.8) is 0 Å². The van der Waals surface area contributed by atoms with Crippen LogP contribution in [0.15, 0.2) is 24.3 Å². The lowest BCUT2D eigenvalue weighted by molar-refractivity contribution is -0.955. The van der Waals surface area contributed by atoms with Crippen LogP contribution < -0.4 is 12.4 Å². The lowest BCUT2D eigenvalue weighted by Gasteiger charge is -2.49. The summed E-state index contributed by atoms with van der Waals surface area (Å²) in [4.78, 5) is 0. The molecule has 3 aliphatic rings. The predicted octanol–water partition coefficient (Wildman–Crippen LogP) is 0.474. The second-order valence-corrected chi connectivity index (χ2v) is 5.97. The third kappa shape index (κ3) is 2.78. The highest BCUT2D eigenvalue weighted by Gasteiger charge is 2.39. The summed E-state index contributed by atoms with van der Waals surface area (Å²) in [5.74, 6) is 1.05. The third-order valence-electron chi connectivity index (χ3n) is 4.47. The summed E-state index contributed by atoms with van der Waals surface area (Å²) < 4.78 is 1.33. The Morgan fingerprint density at radius 1 is 1.00 bits per heavy atom. The number of benzene rings is 1. The zero-order valence-electron chi connectivity index (χ0n) is 10.0. The molecule has 3 heterocycles. The molecule has 1 aromatic carbocycles. The monoisotopic (exact) mass is 271 g/mol. The molecule has 1 nitrogen and oxygen atoms in total. The van der Waals surface area contributed by atoms with Gasteiger partial charge in [-0.05, 0) is 37.3 Å². The van der Waals surface area contributed by atoms with Gasteiger partial charge >= 0.3 is 0 Å². The molecule has 0 aliphatic carbocycles. The van der Waals surface area contributed by atoms with Crippen LogP contribution in [0.3, 0.4) is 0 Å². The molecular formula is C14H19Cl2N. The first kappa shape index (κ1) is 13.2. The number of nitrogens with zero attached hydrogens (tertiary/aromatic N) is 1. The fourth-order valence-electron chi connectivity index (χ4n) is 3.35. The van der Waals surface area contributed by atoms with Crippen LogP contribution in [-0.4, -0.2) is 24.1 Å². The van der Waals surface area contributed by atoms with Gasteiger partial charge in [0, 0.05) is 10.6 Å².